The molecule has 3 saturated carbocycles. The van der Waals surface area contributed by atoms with E-state index in [1.54, 1.807) is 0 Å². The maximum atomic E-state index is 11.5. The molecule has 0 spiro atoms. The van der Waals surface area contributed by atoms with E-state index in [9.17, 15) is 9.59 Å². The van der Waals surface area contributed by atoms with Crippen molar-refractivity contribution >= 4 is 11.9 Å². The molecule has 5 rings (SSSR count). The zero-order chi connectivity index (χ0) is 9.45. The fraction of sp³-hybridized carbons (Fsp3) is 0.800. The van der Waals surface area contributed by atoms with Crippen LogP contribution < -0.4 is 0 Å². The molecule has 0 aromatic heterocycles. The Hall–Kier alpha value is -0.900. The first-order chi connectivity index (χ1) is 6.77. The summed E-state index contributed by atoms with van der Waals surface area (Å²) >= 11 is 0. The third-order valence-electron chi connectivity index (χ3n) is 4.29. The topological polar surface area (TPSA) is 55.9 Å². The van der Waals surface area contributed by atoms with Gasteiger partial charge in [0.25, 0.3) is 0 Å². The van der Waals surface area contributed by atoms with Crippen molar-refractivity contribution in [1.82, 2.24) is 0 Å². The summed E-state index contributed by atoms with van der Waals surface area (Å²) < 4.78 is 10.3. The van der Waals surface area contributed by atoms with Crippen LogP contribution in [0.5, 0.6) is 0 Å². The Morgan fingerprint density at radius 3 is 1.93 bits per heavy atom. The van der Waals surface area contributed by atoms with Crippen molar-refractivity contribution in [3.05, 3.63) is 0 Å². The minimum Gasteiger partial charge on any atom is -0.393 e. The summed E-state index contributed by atoms with van der Waals surface area (Å²) in [5, 5.41) is 0. The van der Waals surface area contributed by atoms with Crippen LogP contribution in [0.2, 0.25) is 0 Å². The van der Waals surface area contributed by atoms with E-state index in [-0.39, 0.29) is 47.8 Å². The van der Waals surface area contributed by atoms with Crippen molar-refractivity contribution in [3.63, 3.8) is 0 Å². The predicted octanol–water partition coefficient (Wildman–Crippen LogP) is 0.109. The molecule has 2 aliphatic heterocycles. The summed E-state index contributed by atoms with van der Waals surface area (Å²) in [5.41, 5.74) is 0. The van der Waals surface area contributed by atoms with E-state index >= 15 is 0 Å². The van der Waals surface area contributed by atoms with E-state index in [0.717, 1.165) is 12.8 Å². The maximum absolute atomic E-state index is 11.5. The van der Waals surface area contributed by atoms with E-state index in [1.807, 2.05) is 0 Å². The van der Waals surface area contributed by atoms with E-state index in [1.165, 1.54) is 0 Å². The normalized spacial score (nSPS) is 58.0. The van der Waals surface area contributed by atoms with Gasteiger partial charge in [0.15, 0.2) is 0 Å². The van der Waals surface area contributed by atoms with Gasteiger partial charge in [0.1, 0.15) is 0 Å². The Bertz CT molecular complexity index is 318. The number of epoxide rings is 1. The molecule has 5 fully saturated rings. The van der Waals surface area contributed by atoms with Gasteiger partial charge in [-0.05, 0) is 12.8 Å². The predicted molar refractivity (Wildman–Crippen MR) is 43.0 cm³/mol. The molecule has 2 saturated heterocycles. The maximum Gasteiger partial charge on any atom is 0.317 e. The van der Waals surface area contributed by atoms with Crippen molar-refractivity contribution < 1.29 is 19.1 Å². The molecule has 14 heavy (non-hydrogen) atoms. The highest BCUT2D eigenvalue weighted by Crippen LogP contribution is 2.60. The summed E-state index contributed by atoms with van der Waals surface area (Å²) in [6.07, 6.45) is 2.56. The number of hydrogen-bond acceptors (Lipinski definition) is 4. The molecule has 3 aliphatic carbocycles. The van der Waals surface area contributed by atoms with Crippen LogP contribution in [-0.2, 0) is 19.1 Å². The number of rotatable bonds is 0. The van der Waals surface area contributed by atoms with Gasteiger partial charge < -0.3 is 9.47 Å². The third-order valence-corrected chi connectivity index (χ3v) is 4.29. The van der Waals surface area contributed by atoms with E-state index in [2.05, 4.69) is 0 Å². The van der Waals surface area contributed by atoms with Gasteiger partial charge in [-0.2, -0.15) is 0 Å². The van der Waals surface area contributed by atoms with E-state index in [0.29, 0.717) is 0 Å². The molecular weight excluding hydrogens is 184 g/mol. The van der Waals surface area contributed by atoms with Gasteiger partial charge in [0, 0.05) is 11.8 Å². The van der Waals surface area contributed by atoms with E-state index < -0.39 is 0 Å². The number of carbonyl (C=O) groups is 2. The summed E-state index contributed by atoms with van der Waals surface area (Å²) in [6, 6.07) is 0. The van der Waals surface area contributed by atoms with Crippen LogP contribution in [0, 0.1) is 23.7 Å². The van der Waals surface area contributed by atoms with Crippen molar-refractivity contribution in [1.29, 1.82) is 0 Å². The molecule has 6 unspecified atom stereocenters. The Kier molecular flexibility index (Phi) is 1.07. The zero-order valence-electron chi connectivity index (χ0n) is 7.51. The fourth-order valence-electron chi connectivity index (χ4n) is 3.72. The molecule has 0 radical (unpaired) electrons. The lowest BCUT2D eigenvalue weighted by molar-refractivity contribution is -0.154. The van der Waals surface area contributed by atoms with Crippen molar-refractivity contribution in [2.45, 2.75) is 25.0 Å². The van der Waals surface area contributed by atoms with Gasteiger partial charge in [-0.15, -0.1) is 0 Å². The molecular formula is C10H10O4. The van der Waals surface area contributed by atoms with Crippen molar-refractivity contribution in [3.8, 4) is 0 Å². The van der Waals surface area contributed by atoms with Crippen molar-refractivity contribution in [2.24, 2.45) is 23.7 Å². The second kappa shape index (κ2) is 2.03. The van der Waals surface area contributed by atoms with Gasteiger partial charge in [-0.25, -0.2) is 0 Å². The molecule has 74 valence electrons. The lowest BCUT2D eigenvalue weighted by atomic mass is 9.59. The summed E-state index contributed by atoms with van der Waals surface area (Å²) in [6.45, 7) is 0. The van der Waals surface area contributed by atoms with Gasteiger partial charge in [0.05, 0.1) is 24.0 Å². The van der Waals surface area contributed by atoms with Gasteiger partial charge in [-0.1, -0.05) is 0 Å². The average molecular weight is 194 g/mol. The molecule has 0 aromatic rings. The standard InChI is InChI=1S/C10H10O4/c11-9-5-3-1-2-4(8-7(3)13-8)6(5)10(12)14-9/h3-8H,1-2H2. The fourth-order valence-corrected chi connectivity index (χ4v) is 3.72. The monoisotopic (exact) mass is 194 g/mol. The molecule has 4 heteroatoms. The Morgan fingerprint density at radius 2 is 1.43 bits per heavy atom. The zero-order valence-corrected chi connectivity index (χ0v) is 7.51. The number of hydrogen-bond donors (Lipinski definition) is 0. The van der Waals surface area contributed by atoms with Crippen LogP contribution in [0.3, 0.4) is 0 Å². The lowest BCUT2D eigenvalue weighted by Gasteiger charge is -2.38. The molecule has 0 amide bonds. The number of ether oxygens (including phenoxy) is 2. The third kappa shape index (κ3) is 0.639. The van der Waals surface area contributed by atoms with Crippen LogP contribution in [0.25, 0.3) is 0 Å². The largest absolute Gasteiger partial charge is 0.393 e. The second-order valence-electron chi connectivity index (χ2n) is 4.76. The summed E-state index contributed by atoms with van der Waals surface area (Å²) in [7, 11) is 0. The quantitative estimate of drug-likeness (QED) is 0.312. The first-order valence-corrected chi connectivity index (χ1v) is 5.18. The van der Waals surface area contributed by atoms with Gasteiger partial charge >= 0.3 is 11.9 Å². The average Bonchev–Trinajstić information content (AvgIpc) is 2.92. The number of carbonyl (C=O) groups excluding carboxylic acids is 2. The minimum absolute atomic E-state index is 0.176. The van der Waals surface area contributed by atoms with Crippen LogP contribution in [-0.4, -0.2) is 24.1 Å². The van der Waals surface area contributed by atoms with Crippen molar-refractivity contribution in [2.75, 3.05) is 0 Å². The Balaban J connectivity index is 1.83. The molecule has 5 aliphatic rings. The van der Waals surface area contributed by atoms with Crippen LogP contribution >= 0.6 is 0 Å². The number of esters is 2. The highest BCUT2D eigenvalue weighted by atomic mass is 16.6. The first kappa shape index (κ1) is 7.40. The second-order valence-corrected chi connectivity index (χ2v) is 4.76. The van der Waals surface area contributed by atoms with E-state index in [4.69, 9.17) is 9.47 Å². The first-order valence-electron chi connectivity index (χ1n) is 5.18. The Morgan fingerprint density at radius 1 is 0.929 bits per heavy atom. The highest BCUT2D eigenvalue weighted by molar-refractivity contribution is 5.97. The molecule has 2 bridgehead atoms. The Labute approximate surface area is 80.6 Å². The summed E-state index contributed by atoms with van der Waals surface area (Å²) in [5.74, 6) is -0.440. The summed E-state index contributed by atoms with van der Waals surface area (Å²) in [4.78, 5) is 22.9. The minimum atomic E-state index is -0.302. The van der Waals surface area contributed by atoms with Crippen LogP contribution in [0.1, 0.15) is 12.8 Å². The number of fused-ring (bicyclic) bond motifs is 1. The number of cyclic esters (lactones) is 2. The SMILES string of the molecule is O=C1OC(=O)C2C3CCC(C4OC34)C12. The molecule has 0 N–H and O–H groups in total. The lowest BCUT2D eigenvalue weighted by Crippen LogP contribution is -2.46. The highest BCUT2D eigenvalue weighted by Gasteiger charge is 2.69. The molecule has 6 atom stereocenters. The van der Waals surface area contributed by atoms with Crippen LogP contribution in [0.4, 0.5) is 0 Å². The van der Waals surface area contributed by atoms with Crippen LogP contribution in [0.15, 0.2) is 0 Å². The molecule has 0 aromatic carbocycles. The van der Waals surface area contributed by atoms with Gasteiger partial charge in [-0.3, -0.25) is 9.59 Å². The molecule has 4 nitrogen and oxygen atoms in total. The smallest absolute Gasteiger partial charge is 0.317 e. The van der Waals surface area contributed by atoms with Gasteiger partial charge in [0.2, 0.25) is 0 Å². The molecule has 2 heterocycles.